The number of nitrogens with zero attached hydrogens (tertiary/aromatic N) is 2. The Hall–Kier alpha value is -0.770. The summed E-state index contributed by atoms with van der Waals surface area (Å²) in [6.07, 6.45) is 3.95. The zero-order chi connectivity index (χ0) is 15.8. The Morgan fingerprint density at radius 2 is 1.90 bits per heavy atom. The van der Waals surface area contributed by atoms with Gasteiger partial charge in [0, 0.05) is 50.6 Å². The first kappa shape index (κ1) is 18.3. The fourth-order valence-corrected chi connectivity index (χ4v) is 2.58. The average molecular weight is 313 g/mol. The summed E-state index contributed by atoms with van der Waals surface area (Å²) in [6.45, 7) is 16.3. The van der Waals surface area contributed by atoms with E-state index < -0.39 is 0 Å². The van der Waals surface area contributed by atoms with E-state index in [4.69, 9.17) is 16.3 Å². The van der Waals surface area contributed by atoms with Crippen LogP contribution in [0.2, 0.25) is 0 Å². The van der Waals surface area contributed by atoms with Crippen LogP contribution in [0.25, 0.3) is 0 Å². The number of hydrogen-bond donors (Lipinski definition) is 0. The van der Waals surface area contributed by atoms with Gasteiger partial charge in [0.15, 0.2) is 0 Å². The molecule has 0 N–H and O–H groups in total. The molecule has 1 saturated heterocycles. The largest absolute Gasteiger partial charge is 0.383 e. The van der Waals surface area contributed by atoms with E-state index in [1.54, 1.807) is 7.11 Å². The molecular weight excluding hydrogens is 284 g/mol. The molecule has 0 spiro atoms. The van der Waals surface area contributed by atoms with Gasteiger partial charge in [-0.1, -0.05) is 37.6 Å². The minimum Gasteiger partial charge on any atom is -0.383 e. The monoisotopic (exact) mass is 312 g/mol. The van der Waals surface area contributed by atoms with Gasteiger partial charge < -0.3 is 9.64 Å². The van der Waals surface area contributed by atoms with Gasteiger partial charge in [-0.25, -0.2) is 0 Å². The van der Waals surface area contributed by atoms with E-state index >= 15 is 0 Å². The van der Waals surface area contributed by atoms with E-state index in [9.17, 15) is 0 Å². The summed E-state index contributed by atoms with van der Waals surface area (Å²) < 4.78 is 5.14. The highest BCUT2D eigenvalue weighted by molar-refractivity contribution is 6.31. The second kappa shape index (κ2) is 9.29. The smallest absolute Gasteiger partial charge is 0.0589 e. The van der Waals surface area contributed by atoms with Crippen molar-refractivity contribution >= 4 is 11.6 Å². The molecule has 0 saturated carbocycles. The SMILES string of the molecule is C=C/C(=C\C(Cl)=C(/C)C(C)C)N1CCN(CCOC)CC1. The molecule has 0 radical (unpaired) electrons. The van der Waals surface area contributed by atoms with Crippen molar-refractivity contribution in [3.8, 4) is 0 Å². The van der Waals surface area contributed by atoms with E-state index in [2.05, 4.69) is 43.2 Å². The molecule has 0 atom stereocenters. The lowest BCUT2D eigenvalue weighted by molar-refractivity contribution is 0.112. The van der Waals surface area contributed by atoms with Crippen LogP contribution < -0.4 is 0 Å². The van der Waals surface area contributed by atoms with Crippen molar-refractivity contribution in [2.45, 2.75) is 20.8 Å². The summed E-state index contributed by atoms with van der Waals surface area (Å²) in [6, 6.07) is 0. The number of ether oxygens (including phenoxy) is 1. The normalized spacial score (nSPS) is 19.0. The van der Waals surface area contributed by atoms with E-state index in [0.717, 1.165) is 50.1 Å². The number of methoxy groups -OCH3 is 1. The number of hydrogen-bond acceptors (Lipinski definition) is 3. The number of halogens is 1. The molecule has 1 fully saturated rings. The van der Waals surface area contributed by atoms with Crippen molar-refractivity contribution in [3.63, 3.8) is 0 Å². The van der Waals surface area contributed by atoms with Crippen molar-refractivity contribution in [1.82, 2.24) is 9.80 Å². The molecule has 1 aliphatic heterocycles. The maximum absolute atomic E-state index is 6.42. The Balaban J connectivity index is 2.67. The third-order valence-electron chi connectivity index (χ3n) is 4.08. The molecule has 4 heteroatoms. The van der Waals surface area contributed by atoms with Crippen LogP contribution in [-0.4, -0.2) is 56.2 Å². The average Bonchev–Trinajstić information content (AvgIpc) is 2.50. The van der Waals surface area contributed by atoms with Crippen LogP contribution in [0.15, 0.2) is 35.0 Å². The van der Waals surface area contributed by atoms with Crippen LogP contribution in [0.3, 0.4) is 0 Å². The van der Waals surface area contributed by atoms with Gasteiger partial charge in [-0.15, -0.1) is 0 Å². The lowest BCUT2D eigenvalue weighted by Crippen LogP contribution is -2.46. The molecule has 1 heterocycles. The number of piperazine rings is 1. The van der Waals surface area contributed by atoms with Gasteiger partial charge >= 0.3 is 0 Å². The molecule has 0 aromatic heterocycles. The fraction of sp³-hybridized carbons (Fsp3) is 0.647. The van der Waals surface area contributed by atoms with Crippen LogP contribution in [0.4, 0.5) is 0 Å². The summed E-state index contributed by atoms with van der Waals surface area (Å²) in [5, 5.41) is 0.835. The highest BCUT2D eigenvalue weighted by Crippen LogP contribution is 2.21. The van der Waals surface area contributed by atoms with Crippen molar-refractivity contribution in [2.75, 3.05) is 46.4 Å². The number of allylic oxidation sites excluding steroid dienone is 4. The van der Waals surface area contributed by atoms with E-state index in [1.807, 2.05) is 6.08 Å². The summed E-state index contributed by atoms with van der Waals surface area (Å²) in [5.41, 5.74) is 2.33. The van der Waals surface area contributed by atoms with E-state index in [-0.39, 0.29) is 0 Å². The molecule has 0 aliphatic carbocycles. The first-order valence-corrected chi connectivity index (χ1v) is 8.04. The van der Waals surface area contributed by atoms with Gasteiger partial charge in [0.25, 0.3) is 0 Å². The van der Waals surface area contributed by atoms with Gasteiger partial charge in [-0.2, -0.15) is 0 Å². The van der Waals surface area contributed by atoms with Gasteiger partial charge in [-0.3, -0.25) is 4.90 Å². The first-order valence-electron chi connectivity index (χ1n) is 7.66. The van der Waals surface area contributed by atoms with Gasteiger partial charge in [-0.05, 0) is 25.0 Å². The third-order valence-corrected chi connectivity index (χ3v) is 4.48. The molecule has 120 valence electrons. The zero-order valence-electron chi connectivity index (χ0n) is 13.9. The maximum atomic E-state index is 6.42. The second-order valence-electron chi connectivity index (χ2n) is 5.78. The Morgan fingerprint density at radius 1 is 1.29 bits per heavy atom. The third kappa shape index (κ3) is 5.85. The molecule has 21 heavy (non-hydrogen) atoms. The minimum absolute atomic E-state index is 0.464. The summed E-state index contributed by atoms with van der Waals surface area (Å²) in [7, 11) is 1.75. The van der Waals surface area contributed by atoms with Crippen LogP contribution in [-0.2, 0) is 4.74 Å². The summed E-state index contributed by atoms with van der Waals surface area (Å²) >= 11 is 6.42. The molecule has 0 amide bonds. The van der Waals surface area contributed by atoms with Crippen molar-refractivity contribution in [2.24, 2.45) is 5.92 Å². The van der Waals surface area contributed by atoms with Gasteiger partial charge in [0.05, 0.1) is 6.61 Å². The van der Waals surface area contributed by atoms with Crippen molar-refractivity contribution in [1.29, 1.82) is 0 Å². The molecule has 1 rings (SSSR count). The van der Waals surface area contributed by atoms with E-state index in [1.165, 1.54) is 5.57 Å². The van der Waals surface area contributed by atoms with Gasteiger partial charge in [0.2, 0.25) is 0 Å². The Morgan fingerprint density at radius 3 is 2.38 bits per heavy atom. The quantitative estimate of drug-likeness (QED) is 0.669. The molecule has 0 unspecified atom stereocenters. The lowest BCUT2D eigenvalue weighted by Gasteiger charge is -2.36. The molecule has 0 bridgehead atoms. The van der Waals surface area contributed by atoms with Crippen molar-refractivity contribution < 1.29 is 4.74 Å². The summed E-state index contributed by atoms with van der Waals surface area (Å²) in [4.78, 5) is 4.78. The Labute approximate surface area is 134 Å². The Bertz CT molecular complexity index is 394. The standard InChI is InChI=1S/C17H29ClN2O/c1-6-16(13-17(18)15(4)14(2)3)20-9-7-19(8-10-20)11-12-21-5/h6,13-14H,1,7-12H2,2-5H3/b16-13+,17-15-. The maximum Gasteiger partial charge on any atom is 0.0589 e. The molecule has 1 aliphatic rings. The zero-order valence-corrected chi connectivity index (χ0v) is 14.6. The second-order valence-corrected chi connectivity index (χ2v) is 6.19. The molecular formula is C17H29ClN2O. The summed E-state index contributed by atoms with van der Waals surface area (Å²) in [5.74, 6) is 0.464. The van der Waals surface area contributed by atoms with Crippen molar-refractivity contribution in [3.05, 3.63) is 35.0 Å². The van der Waals surface area contributed by atoms with Crippen LogP contribution >= 0.6 is 11.6 Å². The molecule has 0 aromatic carbocycles. The molecule has 3 nitrogen and oxygen atoms in total. The topological polar surface area (TPSA) is 15.7 Å². The van der Waals surface area contributed by atoms with Crippen LogP contribution in [0, 0.1) is 5.92 Å². The highest BCUT2D eigenvalue weighted by Gasteiger charge is 2.17. The predicted molar refractivity (Wildman–Crippen MR) is 91.6 cm³/mol. The van der Waals surface area contributed by atoms with Gasteiger partial charge in [0.1, 0.15) is 0 Å². The lowest BCUT2D eigenvalue weighted by atomic mass is 10.0. The fourth-order valence-electron chi connectivity index (χ4n) is 2.25. The number of rotatable bonds is 7. The molecule has 0 aromatic rings. The minimum atomic E-state index is 0.464. The first-order chi connectivity index (χ1) is 9.99. The van der Waals surface area contributed by atoms with Crippen LogP contribution in [0.5, 0.6) is 0 Å². The highest BCUT2D eigenvalue weighted by atomic mass is 35.5. The van der Waals surface area contributed by atoms with E-state index in [0.29, 0.717) is 5.92 Å². The Kier molecular flexibility index (Phi) is 8.09. The predicted octanol–water partition coefficient (Wildman–Crippen LogP) is 3.49. The van der Waals surface area contributed by atoms with Crippen LogP contribution in [0.1, 0.15) is 20.8 Å².